The molecule has 3 aromatic rings. The third-order valence-corrected chi connectivity index (χ3v) is 4.00. The first-order valence-corrected chi connectivity index (χ1v) is 8.32. The maximum Gasteiger partial charge on any atom is 0.226 e. The summed E-state index contributed by atoms with van der Waals surface area (Å²) in [5.74, 6) is 2.01. The molecule has 2 aromatic heterocycles. The van der Waals surface area contributed by atoms with Gasteiger partial charge in [0.15, 0.2) is 0 Å². The lowest BCUT2D eigenvalue weighted by molar-refractivity contribution is 0.312. The molecule has 0 atom stereocenters. The lowest BCUT2D eigenvalue weighted by Crippen LogP contribution is -2.18. The Balaban J connectivity index is 1.69. The average molecular weight is 358 g/mol. The van der Waals surface area contributed by atoms with Gasteiger partial charge >= 0.3 is 0 Å². The van der Waals surface area contributed by atoms with Gasteiger partial charge in [-0.15, -0.1) is 0 Å². The number of hydrogen-bond acceptors (Lipinski definition) is 6. The van der Waals surface area contributed by atoms with Crippen LogP contribution in [0.2, 0.25) is 5.02 Å². The van der Waals surface area contributed by atoms with Crippen LogP contribution in [0.3, 0.4) is 0 Å². The van der Waals surface area contributed by atoms with Crippen LogP contribution in [0.25, 0.3) is 11.5 Å². The molecule has 0 radical (unpaired) electrons. The summed E-state index contributed by atoms with van der Waals surface area (Å²) in [6, 6.07) is 7.50. The third-order valence-electron chi connectivity index (χ3n) is 3.77. The van der Waals surface area contributed by atoms with Crippen LogP contribution >= 0.6 is 11.6 Å². The van der Waals surface area contributed by atoms with Crippen LogP contribution in [0.1, 0.15) is 17.0 Å². The summed E-state index contributed by atoms with van der Waals surface area (Å²) in [5, 5.41) is 3.57. The van der Waals surface area contributed by atoms with Gasteiger partial charge in [0.25, 0.3) is 0 Å². The Morgan fingerprint density at radius 3 is 2.64 bits per heavy atom. The standard InChI is InChI=1S/C18H20ClN5O/c1-12-16(23-17(25-12)14-5-4-6-15(19)7-14)11-24(3)10-13-8-21-18(20-2)22-9-13/h4-9H,10-11H2,1-3H3,(H,20,21,22). The molecule has 6 nitrogen and oxygen atoms in total. The summed E-state index contributed by atoms with van der Waals surface area (Å²) in [5.41, 5.74) is 2.82. The lowest BCUT2D eigenvalue weighted by atomic mass is 10.2. The molecular formula is C18H20ClN5O. The van der Waals surface area contributed by atoms with Crippen molar-refractivity contribution in [3.8, 4) is 11.5 Å². The molecule has 0 aliphatic carbocycles. The Hall–Kier alpha value is -2.44. The molecule has 7 heteroatoms. The molecule has 0 fully saturated rings. The van der Waals surface area contributed by atoms with Crippen molar-refractivity contribution >= 4 is 17.5 Å². The van der Waals surface area contributed by atoms with Crippen LogP contribution in [-0.2, 0) is 13.1 Å². The van der Waals surface area contributed by atoms with Gasteiger partial charge in [-0.1, -0.05) is 17.7 Å². The predicted octanol–water partition coefficient (Wildman–Crippen LogP) is 3.77. The van der Waals surface area contributed by atoms with E-state index in [0.717, 1.165) is 29.1 Å². The van der Waals surface area contributed by atoms with E-state index in [4.69, 9.17) is 16.0 Å². The number of anilines is 1. The van der Waals surface area contributed by atoms with E-state index in [9.17, 15) is 0 Å². The van der Waals surface area contributed by atoms with Gasteiger partial charge in [-0.2, -0.15) is 0 Å². The highest BCUT2D eigenvalue weighted by molar-refractivity contribution is 6.30. The monoisotopic (exact) mass is 357 g/mol. The van der Waals surface area contributed by atoms with Gasteiger partial charge in [-0.3, -0.25) is 4.90 Å². The SMILES string of the molecule is CNc1ncc(CN(C)Cc2nc(-c3cccc(Cl)c3)oc2C)cn1. The number of nitrogens with zero attached hydrogens (tertiary/aromatic N) is 4. The first kappa shape index (κ1) is 17.4. The molecule has 1 aromatic carbocycles. The molecule has 0 bridgehead atoms. The molecule has 0 saturated heterocycles. The van der Waals surface area contributed by atoms with Crippen LogP contribution in [-0.4, -0.2) is 33.9 Å². The molecular weight excluding hydrogens is 338 g/mol. The lowest BCUT2D eigenvalue weighted by Gasteiger charge is -2.15. The summed E-state index contributed by atoms with van der Waals surface area (Å²) < 4.78 is 5.81. The minimum Gasteiger partial charge on any atom is -0.441 e. The van der Waals surface area contributed by atoms with Crippen LogP contribution in [0.15, 0.2) is 41.1 Å². The van der Waals surface area contributed by atoms with Gasteiger partial charge in [0, 0.05) is 48.7 Å². The van der Waals surface area contributed by atoms with Crippen molar-refractivity contribution in [2.75, 3.05) is 19.4 Å². The van der Waals surface area contributed by atoms with Crippen LogP contribution < -0.4 is 5.32 Å². The fraction of sp³-hybridized carbons (Fsp3) is 0.278. The van der Waals surface area contributed by atoms with Crippen LogP contribution in [0, 0.1) is 6.92 Å². The van der Waals surface area contributed by atoms with Gasteiger partial charge in [0.1, 0.15) is 5.76 Å². The molecule has 130 valence electrons. The highest BCUT2D eigenvalue weighted by atomic mass is 35.5. The van der Waals surface area contributed by atoms with Gasteiger partial charge < -0.3 is 9.73 Å². The average Bonchev–Trinajstić information content (AvgIpc) is 2.96. The molecule has 3 rings (SSSR count). The Labute approximate surface area is 151 Å². The van der Waals surface area contributed by atoms with Crippen molar-refractivity contribution in [2.24, 2.45) is 0 Å². The highest BCUT2D eigenvalue weighted by Crippen LogP contribution is 2.25. The Kier molecular flexibility index (Phi) is 5.31. The molecule has 0 spiro atoms. The number of aromatic nitrogens is 3. The summed E-state index contributed by atoms with van der Waals surface area (Å²) in [6.45, 7) is 3.32. The van der Waals surface area contributed by atoms with E-state index in [1.165, 1.54) is 0 Å². The molecule has 0 aliphatic heterocycles. The smallest absolute Gasteiger partial charge is 0.226 e. The topological polar surface area (TPSA) is 67.1 Å². The summed E-state index contributed by atoms with van der Waals surface area (Å²) in [7, 11) is 3.82. The zero-order valence-electron chi connectivity index (χ0n) is 14.5. The number of rotatable bonds is 6. The molecule has 0 amide bonds. The second-order valence-corrected chi connectivity index (χ2v) is 6.31. The Morgan fingerprint density at radius 2 is 1.96 bits per heavy atom. The van der Waals surface area contributed by atoms with Crippen LogP contribution in [0.5, 0.6) is 0 Å². The summed E-state index contributed by atoms with van der Waals surface area (Å²) in [6.07, 6.45) is 3.64. The maximum atomic E-state index is 6.04. The first-order chi connectivity index (χ1) is 12.0. The predicted molar refractivity (Wildman–Crippen MR) is 98.4 cm³/mol. The normalized spacial score (nSPS) is 11.1. The fourth-order valence-electron chi connectivity index (χ4n) is 2.51. The minimum atomic E-state index is 0.588. The number of oxazole rings is 1. The number of halogens is 1. The van der Waals surface area contributed by atoms with Gasteiger partial charge in [0.05, 0.1) is 5.69 Å². The van der Waals surface area contributed by atoms with Gasteiger partial charge in [-0.25, -0.2) is 15.0 Å². The minimum absolute atomic E-state index is 0.588. The maximum absolute atomic E-state index is 6.04. The number of nitrogens with one attached hydrogen (secondary N) is 1. The van der Waals surface area contributed by atoms with Crippen LogP contribution in [0.4, 0.5) is 5.95 Å². The van der Waals surface area contributed by atoms with E-state index in [0.29, 0.717) is 23.4 Å². The molecule has 0 aliphatic rings. The second kappa shape index (κ2) is 7.63. The van der Waals surface area contributed by atoms with Crippen molar-refractivity contribution in [2.45, 2.75) is 20.0 Å². The number of aryl methyl sites for hydroxylation is 1. The van der Waals surface area contributed by atoms with E-state index in [1.54, 1.807) is 7.05 Å². The first-order valence-electron chi connectivity index (χ1n) is 7.94. The molecule has 2 heterocycles. The second-order valence-electron chi connectivity index (χ2n) is 5.87. The van der Waals surface area contributed by atoms with Crippen molar-refractivity contribution in [1.29, 1.82) is 0 Å². The number of benzene rings is 1. The highest BCUT2D eigenvalue weighted by Gasteiger charge is 2.14. The number of hydrogen-bond donors (Lipinski definition) is 1. The van der Waals surface area contributed by atoms with Crippen molar-refractivity contribution in [3.63, 3.8) is 0 Å². The van der Waals surface area contributed by atoms with Crippen molar-refractivity contribution < 1.29 is 4.42 Å². The molecule has 0 unspecified atom stereocenters. The Morgan fingerprint density at radius 1 is 1.20 bits per heavy atom. The molecule has 1 N–H and O–H groups in total. The van der Waals surface area contributed by atoms with Gasteiger partial charge in [-0.05, 0) is 32.2 Å². The summed E-state index contributed by atoms with van der Waals surface area (Å²) in [4.78, 5) is 15.2. The van der Waals surface area contributed by atoms with E-state index in [1.807, 2.05) is 50.6 Å². The molecule has 25 heavy (non-hydrogen) atoms. The van der Waals surface area contributed by atoms with E-state index >= 15 is 0 Å². The molecule has 0 saturated carbocycles. The quantitative estimate of drug-likeness (QED) is 0.724. The van der Waals surface area contributed by atoms with Crippen molar-refractivity contribution in [1.82, 2.24) is 19.9 Å². The fourth-order valence-corrected chi connectivity index (χ4v) is 2.70. The van der Waals surface area contributed by atoms with Gasteiger partial charge in [0.2, 0.25) is 11.8 Å². The van der Waals surface area contributed by atoms with Crippen molar-refractivity contribution in [3.05, 3.63) is 58.7 Å². The zero-order chi connectivity index (χ0) is 17.8. The Bertz CT molecular complexity index is 847. The zero-order valence-corrected chi connectivity index (χ0v) is 15.2. The van der Waals surface area contributed by atoms with E-state index in [2.05, 4.69) is 25.2 Å². The largest absolute Gasteiger partial charge is 0.441 e. The van der Waals surface area contributed by atoms with E-state index in [-0.39, 0.29) is 0 Å². The van der Waals surface area contributed by atoms with E-state index < -0.39 is 0 Å². The third kappa shape index (κ3) is 4.35. The summed E-state index contributed by atoms with van der Waals surface area (Å²) >= 11 is 6.04.